The van der Waals surface area contributed by atoms with Gasteiger partial charge in [0.2, 0.25) is 4.96 Å². The van der Waals surface area contributed by atoms with E-state index in [1.807, 2.05) is 60.8 Å². The summed E-state index contributed by atoms with van der Waals surface area (Å²) < 4.78 is 14.4. The van der Waals surface area contributed by atoms with Gasteiger partial charge >= 0.3 is 0 Å². The van der Waals surface area contributed by atoms with Crippen LogP contribution in [0, 0.1) is 0 Å². The number of methoxy groups -OCH3 is 2. The number of thiazole rings is 1. The van der Waals surface area contributed by atoms with Gasteiger partial charge in [0.25, 0.3) is 5.56 Å². The summed E-state index contributed by atoms with van der Waals surface area (Å²) in [6.45, 7) is 0. The Hall–Kier alpha value is -3.98. The fraction of sp³-hybridized carbons (Fsp3) is 0.0909. The standard InChI is InChI=1S/C22H17N5O3S/c1-29-17-9-8-14(10-18(17)30-2)20-15(12-26(25-20)16-6-4-3-5-7-16)11-19-21(28)27-22(31-19)23-13-24-27/h3-13H,1-2H3/b19-11-. The lowest BCUT2D eigenvalue weighted by Crippen LogP contribution is -2.23. The molecule has 0 N–H and O–H groups in total. The lowest BCUT2D eigenvalue weighted by molar-refractivity contribution is 0.355. The summed E-state index contributed by atoms with van der Waals surface area (Å²) in [6.07, 6.45) is 5.10. The highest BCUT2D eigenvalue weighted by molar-refractivity contribution is 7.15. The molecule has 0 atom stereocenters. The Balaban J connectivity index is 1.72. The molecule has 3 aromatic heterocycles. The molecule has 0 amide bonds. The smallest absolute Gasteiger partial charge is 0.291 e. The summed E-state index contributed by atoms with van der Waals surface area (Å²) in [5.74, 6) is 1.23. The predicted molar refractivity (Wildman–Crippen MR) is 118 cm³/mol. The fourth-order valence-electron chi connectivity index (χ4n) is 3.33. The number of aromatic nitrogens is 5. The molecule has 0 unspecified atom stereocenters. The Labute approximate surface area is 180 Å². The topological polar surface area (TPSA) is 83.5 Å². The normalized spacial score (nSPS) is 11.9. The number of nitrogens with zero attached hydrogens (tertiary/aromatic N) is 5. The van der Waals surface area contributed by atoms with E-state index in [-0.39, 0.29) is 5.56 Å². The Morgan fingerprint density at radius 2 is 1.84 bits per heavy atom. The molecule has 0 aliphatic heterocycles. The summed E-state index contributed by atoms with van der Waals surface area (Å²) in [5.41, 5.74) is 3.04. The van der Waals surface area contributed by atoms with Gasteiger partial charge in [-0.3, -0.25) is 4.79 Å². The van der Waals surface area contributed by atoms with Crippen molar-refractivity contribution in [2.45, 2.75) is 0 Å². The van der Waals surface area contributed by atoms with Crippen LogP contribution in [0.25, 0.3) is 28.0 Å². The van der Waals surface area contributed by atoms with E-state index >= 15 is 0 Å². The summed E-state index contributed by atoms with van der Waals surface area (Å²) in [7, 11) is 3.19. The first-order valence-electron chi connectivity index (χ1n) is 9.39. The van der Waals surface area contributed by atoms with Crippen molar-refractivity contribution in [3.63, 3.8) is 0 Å². The molecule has 0 fully saturated rings. The van der Waals surface area contributed by atoms with Crippen LogP contribution in [0.3, 0.4) is 0 Å². The Kier molecular flexibility index (Phi) is 4.72. The number of ether oxygens (including phenoxy) is 2. The van der Waals surface area contributed by atoms with Crippen LogP contribution in [0.5, 0.6) is 11.5 Å². The number of para-hydroxylation sites is 1. The molecular formula is C22H17N5O3S. The van der Waals surface area contributed by atoms with Crippen molar-refractivity contribution < 1.29 is 9.47 Å². The average Bonchev–Trinajstić information content (AvgIpc) is 3.51. The van der Waals surface area contributed by atoms with Crippen molar-refractivity contribution in [3.05, 3.63) is 81.5 Å². The lowest BCUT2D eigenvalue weighted by Gasteiger charge is -2.09. The molecule has 31 heavy (non-hydrogen) atoms. The Morgan fingerprint density at radius 1 is 1.03 bits per heavy atom. The summed E-state index contributed by atoms with van der Waals surface area (Å²) in [6, 6.07) is 15.4. The van der Waals surface area contributed by atoms with Crippen LogP contribution in [0.4, 0.5) is 0 Å². The van der Waals surface area contributed by atoms with E-state index in [2.05, 4.69) is 10.1 Å². The predicted octanol–water partition coefficient (Wildman–Crippen LogP) is 2.57. The first kappa shape index (κ1) is 19.0. The second-order valence-corrected chi connectivity index (χ2v) is 7.66. The third-order valence-corrected chi connectivity index (χ3v) is 5.80. The van der Waals surface area contributed by atoms with Gasteiger partial charge in [0.05, 0.1) is 24.4 Å². The number of fused-ring (bicyclic) bond motifs is 1. The lowest BCUT2D eigenvalue weighted by atomic mass is 10.1. The largest absolute Gasteiger partial charge is 0.493 e. The average molecular weight is 431 g/mol. The summed E-state index contributed by atoms with van der Waals surface area (Å²) >= 11 is 1.29. The quantitative estimate of drug-likeness (QED) is 0.425. The van der Waals surface area contributed by atoms with Crippen LogP contribution in [0.15, 0.2) is 65.8 Å². The monoisotopic (exact) mass is 431 g/mol. The van der Waals surface area contributed by atoms with Gasteiger partial charge in [0.1, 0.15) is 12.0 Å². The highest BCUT2D eigenvalue weighted by atomic mass is 32.1. The van der Waals surface area contributed by atoms with Crippen LogP contribution in [0.2, 0.25) is 0 Å². The maximum absolute atomic E-state index is 12.7. The van der Waals surface area contributed by atoms with Crippen molar-refractivity contribution >= 4 is 22.4 Å². The van der Waals surface area contributed by atoms with Crippen LogP contribution in [-0.4, -0.2) is 38.6 Å². The van der Waals surface area contributed by atoms with E-state index in [0.717, 1.165) is 16.8 Å². The zero-order valence-corrected chi connectivity index (χ0v) is 17.5. The zero-order valence-electron chi connectivity index (χ0n) is 16.7. The molecular weight excluding hydrogens is 414 g/mol. The molecule has 0 saturated carbocycles. The van der Waals surface area contributed by atoms with Crippen LogP contribution < -0.4 is 19.6 Å². The minimum atomic E-state index is -0.205. The van der Waals surface area contributed by atoms with Crippen LogP contribution in [-0.2, 0) is 0 Å². The second-order valence-electron chi connectivity index (χ2n) is 6.65. The van der Waals surface area contributed by atoms with Crippen molar-refractivity contribution in [2.75, 3.05) is 14.2 Å². The van der Waals surface area contributed by atoms with Gasteiger partial charge in [-0.25, -0.2) is 9.67 Å². The SMILES string of the molecule is COc1ccc(-c2nn(-c3ccccc3)cc2/C=c2\sc3ncnn3c2=O)cc1OC. The molecule has 0 saturated heterocycles. The Bertz CT molecular complexity index is 1490. The number of hydrogen-bond donors (Lipinski definition) is 0. The number of benzene rings is 2. The van der Waals surface area contributed by atoms with Crippen molar-refractivity contribution in [1.82, 2.24) is 24.4 Å². The van der Waals surface area contributed by atoms with Crippen molar-refractivity contribution in [3.8, 4) is 28.4 Å². The van der Waals surface area contributed by atoms with Crippen molar-refractivity contribution in [1.29, 1.82) is 0 Å². The second kappa shape index (κ2) is 7.69. The highest BCUT2D eigenvalue weighted by Gasteiger charge is 2.15. The summed E-state index contributed by atoms with van der Waals surface area (Å²) in [5, 5.41) is 8.79. The minimum Gasteiger partial charge on any atom is -0.493 e. The number of rotatable bonds is 5. The molecule has 154 valence electrons. The molecule has 2 aromatic carbocycles. The van der Waals surface area contributed by atoms with Gasteiger partial charge < -0.3 is 9.47 Å². The van der Waals surface area contributed by atoms with E-state index < -0.39 is 0 Å². The van der Waals surface area contributed by atoms with E-state index in [4.69, 9.17) is 14.6 Å². The molecule has 0 bridgehead atoms. The van der Waals surface area contributed by atoms with Crippen molar-refractivity contribution in [2.24, 2.45) is 0 Å². The zero-order chi connectivity index (χ0) is 21.4. The third-order valence-electron chi connectivity index (χ3n) is 4.83. The van der Waals surface area contributed by atoms with Crippen LogP contribution in [0.1, 0.15) is 5.56 Å². The van der Waals surface area contributed by atoms with Gasteiger partial charge in [-0.2, -0.15) is 14.7 Å². The maximum atomic E-state index is 12.7. The van der Waals surface area contributed by atoms with Gasteiger partial charge in [0, 0.05) is 17.3 Å². The highest BCUT2D eigenvalue weighted by Crippen LogP contribution is 2.33. The van der Waals surface area contributed by atoms with Crippen LogP contribution >= 0.6 is 11.3 Å². The molecule has 0 spiro atoms. The maximum Gasteiger partial charge on any atom is 0.291 e. The van der Waals surface area contributed by atoms with E-state index in [1.165, 1.54) is 22.2 Å². The van der Waals surface area contributed by atoms with Gasteiger partial charge in [-0.15, -0.1) is 0 Å². The molecule has 0 aliphatic rings. The molecule has 5 aromatic rings. The molecule has 3 heterocycles. The molecule has 5 rings (SSSR count). The summed E-state index contributed by atoms with van der Waals surface area (Å²) in [4.78, 5) is 17.3. The van der Waals surface area contributed by atoms with Gasteiger partial charge in [0.15, 0.2) is 11.5 Å². The van der Waals surface area contributed by atoms with E-state index in [0.29, 0.717) is 26.7 Å². The molecule has 8 nitrogen and oxygen atoms in total. The first-order valence-corrected chi connectivity index (χ1v) is 10.2. The molecule has 9 heteroatoms. The Morgan fingerprint density at radius 3 is 2.58 bits per heavy atom. The number of hydrogen-bond acceptors (Lipinski definition) is 7. The minimum absolute atomic E-state index is 0.205. The van der Waals surface area contributed by atoms with E-state index in [9.17, 15) is 4.79 Å². The third kappa shape index (κ3) is 3.34. The van der Waals surface area contributed by atoms with E-state index in [1.54, 1.807) is 18.9 Å². The molecule has 0 radical (unpaired) electrons. The van der Waals surface area contributed by atoms with Gasteiger partial charge in [-0.05, 0) is 36.4 Å². The molecule has 0 aliphatic carbocycles. The first-order chi connectivity index (χ1) is 15.2. The van der Waals surface area contributed by atoms with Gasteiger partial charge in [-0.1, -0.05) is 29.5 Å². The fourth-order valence-corrected chi connectivity index (χ4v) is 4.21.